The van der Waals surface area contributed by atoms with Crippen LogP contribution in [0.25, 0.3) is 0 Å². The van der Waals surface area contributed by atoms with Crippen molar-refractivity contribution in [1.29, 1.82) is 0 Å². The van der Waals surface area contributed by atoms with Crippen LogP contribution in [-0.4, -0.2) is 17.7 Å². The lowest BCUT2D eigenvalue weighted by molar-refractivity contribution is -0.121. The van der Waals surface area contributed by atoms with Gasteiger partial charge in [0, 0.05) is 22.9 Å². The minimum Gasteiger partial charge on any atom is -0.324 e. The van der Waals surface area contributed by atoms with Gasteiger partial charge in [-0.2, -0.15) is 0 Å². The predicted molar refractivity (Wildman–Crippen MR) is 97.0 cm³/mol. The van der Waals surface area contributed by atoms with Crippen LogP contribution in [0.15, 0.2) is 42.5 Å². The van der Waals surface area contributed by atoms with Gasteiger partial charge in [0.2, 0.25) is 17.7 Å². The van der Waals surface area contributed by atoms with Gasteiger partial charge in [0.25, 0.3) is 0 Å². The molecular formula is C18H14Cl2N2O3. The Morgan fingerprint density at radius 2 is 1.56 bits per heavy atom. The van der Waals surface area contributed by atoms with Crippen molar-refractivity contribution < 1.29 is 14.4 Å². The largest absolute Gasteiger partial charge is 0.324 e. The molecule has 0 unspecified atom stereocenters. The summed E-state index contributed by atoms with van der Waals surface area (Å²) >= 11 is 12.2. The van der Waals surface area contributed by atoms with E-state index in [1.165, 1.54) is 0 Å². The SMILES string of the molecule is O=C(Cc1c(Cl)cccc1Cl)Nc1ccccc1N1C(=O)CCC1=O. The minimum atomic E-state index is -0.346. The third-order valence-electron chi connectivity index (χ3n) is 3.87. The predicted octanol–water partition coefficient (Wildman–Crippen LogP) is 3.83. The summed E-state index contributed by atoms with van der Waals surface area (Å²) in [7, 11) is 0. The third-order valence-corrected chi connectivity index (χ3v) is 4.58. The molecule has 2 aromatic rings. The molecule has 0 bridgehead atoms. The maximum absolute atomic E-state index is 12.4. The fourth-order valence-electron chi connectivity index (χ4n) is 2.68. The summed E-state index contributed by atoms with van der Waals surface area (Å²) in [4.78, 5) is 37.4. The van der Waals surface area contributed by atoms with Gasteiger partial charge in [0.1, 0.15) is 0 Å². The first-order valence-electron chi connectivity index (χ1n) is 7.65. The quantitative estimate of drug-likeness (QED) is 0.824. The zero-order valence-corrected chi connectivity index (χ0v) is 14.6. The molecule has 0 aromatic heterocycles. The molecule has 1 saturated heterocycles. The normalized spacial score (nSPS) is 14.1. The Labute approximate surface area is 154 Å². The Morgan fingerprint density at radius 1 is 0.960 bits per heavy atom. The van der Waals surface area contributed by atoms with Crippen LogP contribution in [-0.2, 0) is 20.8 Å². The molecule has 0 aliphatic carbocycles. The molecule has 3 rings (SSSR count). The lowest BCUT2D eigenvalue weighted by Crippen LogP contribution is -2.30. The smallest absolute Gasteiger partial charge is 0.234 e. The molecular weight excluding hydrogens is 363 g/mol. The van der Waals surface area contributed by atoms with E-state index in [1.807, 2.05) is 0 Å². The second kappa shape index (κ2) is 7.25. The first kappa shape index (κ1) is 17.5. The van der Waals surface area contributed by atoms with E-state index in [4.69, 9.17) is 23.2 Å². The maximum Gasteiger partial charge on any atom is 0.234 e. The monoisotopic (exact) mass is 376 g/mol. The van der Waals surface area contributed by atoms with E-state index in [0.29, 0.717) is 27.0 Å². The van der Waals surface area contributed by atoms with E-state index in [9.17, 15) is 14.4 Å². The molecule has 0 spiro atoms. The fraction of sp³-hybridized carbons (Fsp3) is 0.167. The van der Waals surface area contributed by atoms with E-state index < -0.39 is 0 Å². The third kappa shape index (κ3) is 3.67. The number of hydrogen-bond donors (Lipinski definition) is 1. The summed E-state index contributed by atoms with van der Waals surface area (Å²) in [6.45, 7) is 0. The standard InChI is InChI=1S/C18H14Cl2N2O3/c19-12-4-3-5-13(20)11(12)10-16(23)21-14-6-1-2-7-15(14)22-17(24)8-9-18(22)25/h1-7H,8-10H2,(H,21,23). The summed E-state index contributed by atoms with van der Waals surface area (Å²) in [6, 6.07) is 11.7. The Hall–Kier alpha value is -2.37. The van der Waals surface area contributed by atoms with Crippen LogP contribution in [0.5, 0.6) is 0 Å². The summed E-state index contributed by atoms with van der Waals surface area (Å²) in [5.74, 6) is -0.900. The van der Waals surface area contributed by atoms with E-state index >= 15 is 0 Å². The van der Waals surface area contributed by atoms with Crippen LogP contribution < -0.4 is 10.2 Å². The van der Waals surface area contributed by atoms with Crippen LogP contribution in [0, 0.1) is 0 Å². The number of benzene rings is 2. The molecule has 1 aliphatic rings. The van der Waals surface area contributed by atoms with Gasteiger partial charge in [0.15, 0.2) is 0 Å². The number of hydrogen-bond acceptors (Lipinski definition) is 3. The Bertz CT molecular complexity index is 831. The van der Waals surface area contributed by atoms with Crippen molar-refractivity contribution in [2.24, 2.45) is 0 Å². The number of rotatable bonds is 4. The van der Waals surface area contributed by atoms with Gasteiger partial charge in [0.05, 0.1) is 17.8 Å². The van der Waals surface area contributed by atoms with Gasteiger partial charge >= 0.3 is 0 Å². The van der Waals surface area contributed by atoms with E-state index in [1.54, 1.807) is 42.5 Å². The first-order valence-corrected chi connectivity index (χ1v) is 8.40. The highest BCUT2D eigenvalue weighted by Gasteiger charge is 2.31. The van der Waals surface area contributed by atoms with Gasteiger partial charge in [-0.25, -0.2) is 4.90 Å². The zero-order valence-electron chi connectivity index (χ0n) is 13.1. The number of anilines is 2. The molecule has 1 heterocycles. The molecule has 7 heteroatoms. The second-order valence-corrected chi connectivity index (χ2v) is 6.38. The lowest BCUT2D eigenvalue weighted by Gasteiger charge is -2.18. The molecule has 0 atom stereocenters. The van der Waals surface area contributed by atoms with Crippen molar-refractivity contribution in [1.82, 2.24) is 0 Å². The average molecular weight is 377 g/mol. The van der Waals surface area contributed by atoms with Crippen molar-refractivity contribution in [3.63, 3.8) is 0 Å². The van der Waals surface area contributed by atoms with Crippen LogP contribution in [0.3, 0.4) is 0 Å². The van der Waals surface area contributed by atoms with Crippen molar-refractivity contribution in [2.75, 3.05) is 10.2 Å². The maximum atomic E-state index is 12.4. The number of carbonyl (C=O) groups excluding carboxylic acids is 3. The van der Waals surface area contributed by atoms with Gasteiger partial charge in [-0.15, -0.1) is 0 Å². The number of carbonyl (C=O) groups is 3. The van der Waals surface area contributed by atoms with Gasteiger partial charge in [-0.05, 0) is 29.8 Å². The van der Waals surface area contributed by atoms with E-state index in [2.05, 4.69) is 5.32 Å². The topological polar surface area (TPSA) is 66.5 Å². The Balaban J connectivity index is 1.83. The molecule has 2 aromatic carbocycles. The average Bonchev–Trinajstić information content (AvgIpc) is 2.90. The van der Waals surface area contributed by atoms with Crippen molar-refractivity contribution in [2.45, 2.75) is 19.3 Å². The molecule has 5 nitrogen and oxygen atoms in total. The zero-order chi connectivity index (χ0) is 18.0. The molecule has 128 valence electrons. The molecule has 25 heavy (non-hydrogen) atoms. The molecule has 1 N–H and O–H groups in total. The molecule has 0 radical (unpaired) electrons. The van der Waals surface area contributed by atoms with Gasteiger partial charge in [-0.3, -0.25) is 14.4 Å². The van der Waals surface area contributed by atoms with Crippen LogP contribution in [0.1, 0.15) is 18.4 Å². The summed E-state index contributed by atoms with van der Waals surface area (Å²) in [5, 5.41) is 3.54. The van der Waals surface area contributed by atoms with E-state index in [0.717, 1.165) is 4.90 Å². The fourth-order valence-corrected chi connectivity index (χ4v) is 3.21. The van der Waals surface area contributed by atoms with Crippen molar-refractivity contribution in [3.8, 4) is 0 Å². The number of nitrogens with one attached hydrogen (secondary N) is 1. The van der Waals surface area contributed by atoms with Crippen molar-refractivity contribution >= 4 is 52.3 Å². The van der Waals surface area contributed by atoms with Gasteiger partial charge in [-0.1, -0.05) is 41.4 Å². The van der Waals surface area contributed by atoms with Crippen LogP contribution in [0.2, 0.25) is 10.0 Å². The second-order valence-electron chi connectivity index (χ2n) is 5.57. The number of amides is 3. The Morgan fingerprint density at radius 3 is 2.20 bits per heavy atom. The lowest BCUT2D eigenvalue weighted by atomic mass is 10.1. The molecule has 1 aliphatic heterocycles. The van der Waals surface area contributed by atoms with Crippen molar-refractivity contribution in [3.05, 3.63) is 58.1 Å². The molecule has 0 saturated carbocycles. The minimum absolute atomic E-state index is 0.0191. The van der Waals surface area contributed by atoms with E-state index in [-0.39, 0.29) is 37.0 Å². The summed E-state index contributed by atoms with van der Waals surface area (Å²) in [6.07, 6.45) is 0.335. The summed E-state index contributed by atoms with van der Waals surface area (Å²) < 4.78 is 0. The highest BCUT2D eigenvalue weighted by molar-refractivity contribution is 6.36. The number of halogens is 2. The number of imide groups is 1. The van der Waals surface area contributed by atoms with Crippen LogP contribution >= 0.6 is 23.2 Å². The summed E-state index contributed by atoms with van der Waals surface area (Å²) in [5.41, 5.74) is 1.28. The molecule has 3 amide bonds. The first-order chi connectivity index (χ1) is 12.0. The van der Waals surface area contributed by atoms with Gasteiger partial charge < -0.3 is 5.32 Å². The Kier molecular flexibility index (Phi) is 5.06. The molecule has 1 fully saturated rings. The number of para-hydroxylation sites is 2. The highest BCUT2D eigenvalue weighted by atomic mass is 35.5. The van der Waals surface area contributed by atoms with Crippen LogP contribution in [0.4, 0.5) is 11.4 Å². The highest BCUT2D eigenvalue weighted by Crippen LogP contribution is 2.31. The number of nitrogens with zero attached hydrogens (tertiary/aromatic N) is 1.